The van der Waals surface area contributed by atoms with E-state index < -0.39 is 0 Å². The summed E-state index contributed by atoms with van der Waals surface area (Å²) in [7, 11) is 0. The Hall–Kier alpha value is -3.59. The number of hydrogen-bond acceptors (Lipinski definition) is 3. The van der Waals surface area contributed by atoms with E-state index >= 15 is 0 Å². The molecule has 0 saturated carbocycles. The topological polar surface area (TPSA) is 42.9 Å². The molecule has 2 heterocycles. The van der Waals surface area contributed by atoms with Crippen molar-refractivity contribution in [1.29, 1.82) is 0 Å². The first kappa shape index (κ1) is 15.9. The molecule has 0 aliphatic heterocycles. The van der Waals surface area contributed by atoms with Crippen molar-refractivity contribution >= 4 is 5.78 Å². The number of benzene rings is 2. The van der Waals surface area contributed by atoms with E-state index in [-0.39, 0.29) is 5.78 Å². The molecule has 0 atom stereocenters. The van der Waals surface area contributed by atoms with Crippen LogP contribution in [0.4, 0.5) is 0 Å². The van der Waals surface area contributed by atoms with E-state index in [9.17, 15) is 4.79 Å². The minimum absolute atomic E-state index is 0.0797. The Kier molecular flexibility index (Phi) is 4.35. The molecule has 2 aromatic carbocycles. The lowest BCUT2D eigenvalue weighted by Crippen LogP contribution is -2.07. The summed E-state index contributed by atoms with van der Waals surface area (Å²) in [6.45, 7) is 0. The summed E-state index contributed by atoms with van der Waals surface area (Å²) in [6, 6.07) is 26.7. The number of rotatable bonds is 4. The van der Waals surface area contributed by atoms with Crippen LogP contribution in [-0.2, 0) is 0 Å². The summed E-state index contributed by atoms with van der Waals surface area (Å²) < 4.78 is 0. The van der Waals surface area contributed by atoms with Gasteiger partial charge in [-0.2, -0.15) is 0 Å². The third kappa shape index (κ3) is 3.03. The minimum atomic E-state index is -0.0797. The summed E-state index contributed by atoms with van der Waals surface area (Å²) in [5.41, 5.74) is 4.35. The predicted octanol–water partition coefficient (Wildman–Crippen LogP) is 5.04. The van der Waals surface area contributed by atoms with Gasteiger partial charge in [0.05, 0.1) is 11.4 Å². The van der Waals surface area contributed by atoms with Crippen molar-refractivity contribution < 1.29 is 4.79 Å². The molecule has 4 rings (SSSR count). The molecule has 0 aliphatic carbocycles. The van der Waals surface area contributed by atoms with E-state index in [0.29, 0.717) is 22.5 Å². The molecule has 0 spiro atoms. The average molecular weight is 336 g/mol. The minimum Gasteiger partial charge on any atom is -0.288 e. The Bertz CT molecular complexity index is 959. The Balaban J connectivity index is 1.84. The standard InChI is InChI=1S/C23H16N2O/c26-23(19-13-7-15-24-21(19)17-9-3-1-4-10-17)20-14-8-16-25-22(20)18-11-5-2-6-12-18/h1-16H. The monoisotopic (exact) mass is 336 g/mol. The van der Waals surface area contributed by atoms with Crippen molar-refractivity contribution in [2.45, 2.75) is 0 Å². The van der Waals surface area contributed by atoms with Gasteiger partial charge in [0.2, 0.25) is 0 Å². The molecule has 0 unspecified atom stereocenters. The molecule has 0 radical (unpaired) electrons. The largest absolute Gasteiger partial charge is 0.288 e. The molecular weight excluding hydrogens is 320 g/mol. The quantitative estimate of drug-likeness (QED) is 0.490. The maximum Gasteiger partial charge on any atom is 0.197 e. The van der Waals surface area contributed by atoms with Gasteiger partial charge in [-0.25, -0.2) is 0 Å². The molecule has 0 N–H and O–H groups in total. The van der Waals surface area contributed by atoms with Crippen LogP contribution in [0.3, 0.4) is 0 Å². The molecule has 124 valence electrons. The molecule has 3 heteroatoms. The number of nitrogens with zero attached hydrogens (tertiary/aromatic N) is 2. The van der Waals surface area contributed by atoms with Gasteiger partial charge in [-0.1, -0.05) is 60.7 Å². The second-order valence-corrected chi connectivity index (χ2v) is 5.86. The van der Waals surface area contributed by atoms with E-state index in [4.69, 9.17) is 0 Å². The van der Waals surface area contributed by atoms with Gasteiger partial charge in [0.1, 0.15) is 0 Å². The summed E-state index contributed by atoms with van der Waals surface area (Å²) >= 11 is 0. The number of pyridine rings is 2. The van der Waals surface area contributed by atoms with E-state index in [1.807, 2.05) is 72.8 Å². The number of carbonyl (C=O) groups excluding carboxylic acids is 1. The van der Waals surface area contributed by atoms with E-state index in [2.05, 4.69) is 9.97 Å². The van der Waals surface area contributed by atoms with Gasteiger partial charge in [0.15, 0.2) is 5.78 Å². The molecule has 0 amide bonds. The van der Waals surface area contributed by atoms with Gasteiger partial charge in [-0.3, -0.25) is 14.8 Å². The molecule has 0 saturated heterocycles. The number of hydrogen-bond donors (Lipinski definition) is 0. The normalized spacial score (nSPS) is 10.5. The Labute approximate surface area is 152 Å². The van der Waals surface area contributed by atoms with E-state index in [1.165, 1.54) is 0 Å². The predicted molar refractivity (Wildman–Crippen MR) is 103 cm³/mol. The molecule has 26 heavy (non-hydrogen) atoms. The maximum atomic E-state index is 13.4. The molecule has 2 aromatic heterocycles. The molecular formula is C23H16N2O. The van der Waals surface area contributed by atoms with Crippen molar-refractivity contribution in [3.05, 3.63) is 108 Å². The summed E-state index contributed by atoms with van der Waals surface area (Å²) in [6.07, 6.45) is 3.42. The SMILES string of the molecule is O=C(c1cccnc1-c1ccccc1)c1cccnc1-c1ccccc1. The highest BCUT2D eigenvalue weighted by molar-refractivity contribution is 6.15. The van der Waals surface area contributed by atoms with Crippen LogP contribution in [0, 0.1) is 0 Å². The number of aromatic nitrogens is 2. The number of carbonyl (C=O) groups is 1. The third-order valence-electron chi connectivity index (χ3n) is 4.20. The molecule has 0 aliphatic rings. The zero-order valence-electron chi connectivity index (χ0n) is 14.0. The smallest absolute Gasteiger partial charge is 0.197 e. The second-order valence-electron chi connectivity index (χ2n) is 5.86. The van der Waals surface area contributed by atoms with E-state index in [0.717, 1.165) is 11.1 Å². The lowest BCUT2D eigenvalue weighted by atomic mass is 9.95. The summed E-state index contributed by atoms with van der Waals surface area (Å²) in [5.74, 6) is -0.0797. The summed E-state index contributed by atoms with van der Waals surface area (Å²) in [4.78, 5) is 22.3. The highest BCUT2D eigenvalue weighted by Crippen LogP contribution is 2.27. The van der Waals surface area contributed by atoms with Crippen LogP contribution < -0.4 is 0 Å². The van der Waals surface area contributed by atoms with Gasteiger partial charge in [-0.05, 0) is 24.3 Å². The molecule has 0 fully saturated rings. The highest BCUT2D eigenvalue weighted by atomic mass is 16.1. The zero-order valence-corrected chi connectivity index (χ0v) is 14.0. The van der Waals surface area contributed by atoms with Crippen LogP contribution in [0.1, 0.15) is 15.9 Å². The Morgan fingerprint density at radius 1 is 0.538 bits per heavy atom. The first-order valence-corrected chi connectivity index (χ1v) is 8.40. The first-order valence-electron chi connectivity index (χ1n) is 8.40. The zero-order chi connectivity index (χ0) is 17.8. The van der Waals surface area contributed by atoms with Crippen LogP contribution in [0.2, 0.25) is 0 Å². The fourth-order valence-electron chi connectivity index (χ4n) is 2.97. The van der Waals surface area contributed by atoms with Crippen LogP contribution in [-0.4, -0.2) is 15.8 Å². The van der Waals surface area contributed by atoms with Gasteiger partial charge >= 0.3 is 0 Å². The lowest BCUT2D eigenvalue weighted by molar-refractivity contribution is 0.103. The van der Waals surface area contributed by atoms with Gasteiger partial charge in [0.25, 0.3) is 0 Å². The van der Waals surface area contributed by atoms with Crippen molar-refractivity contribution in [1.82, 2.24) is 9.97 Å². The van der Waals surface area contributed by atoms with Crippen molar-refractivity contribution in [2.24, 2.45) is 0 Å². The fourth-order valence-corrected chi connectivity index (χ4v) is 2.97. The third-order valence-corrected chi connectivity index (χ3v) is 4.20. The van der Waals surface area contributed by atoms with Gasteiger partial charge in [0, 0.05) is 34.6 Å². The van der Waals surface area contributed by atoms with Gasteiger partial charge in [-0.15, -0.1) is 0 Å². The fraction of sp³-hybridized carbons (Fsp3) is 0. The van der Waals surface area contributed by atoms with Gasteiger partial charge < -0.3 is 0 Å². The van der Waals surface area contributed by atoms with Crippen molar-refractivity contribution in [3.63, 3.8) is 0 Å². The highest BCUT2D eigenvalue weighted by Gasteiger charge is 2.19. The van der Waals surface area contributed by atoms with Crippen LogP contribution in [0.25, 0.3) is 22.5 Å². The van der Waals surface area contributed by atoms with Crippen LogP contribution in [0.15, 0.2) is 97.3 Å². The van der Waals surface area contributed by atoms with Crippen LogP contribution >= 0.6 is 0 Å². The first-order chi connectivity index (χ1) is 12.8. The maximum absolute atomic E-state index is 13.4. The second kappa shape index (κ2) is 7.11. The van der Waals surface area contributed by atoms with Crippen LogP contribution in [0.5, 0.6) is 0 Å². The molecule has 4 aromatic rings. The number of ketones is 1. The Morgan fingerprint density at radius 2 is 0.962 bits per heavy atom. The van der Waals surface area contributed by atoms with E-state index in [1.54, 1.807) is 24.5 Å². The average Bonchev–Trinajstić information content (AvgIpc) is 2.74. The molecule has 3 nitrogen and oxygen atoms in total. The summed E-state index contributed by atoms with van der Waals surface area (Å²) in [5, 5.41) is 0. The van der Waals surface area contributed by atoms with Crippen molar-refractivity contribution in [2.75, 3.05) is 0 Å². The molecule has 0 bridgehead atoms. The van der Waals surface area contributed by atoms with Crippen molar-refractivity contribution in [3.8, 4) is 22.5 Å². The Morgan fingerprint density at radius 3 is 1.38 bits per heavy atom. The lowest BCUT2D eigenvalue weighted by Gasteiger charge is -2.11.